The van der Waals surface area contributed by atoms with Crippen molar-refractivity contribution in [3.8, 4) is 0 Å². The molecule has 0 aliphatic carbocycles. The monoisotopic (exact) mass is 352 g/mol. The predicted octanol–water partition coefficient (Wildman–Crippen LogP) is 4.57. The van der Waals surface area contributed by atoms with Crippen LogP contribution >= 0.6 is 15.9 Å². The summed E-state index contributed by atoms with van der Waals surface area (Å²) in [6.07, 6.45) is 5.71. The summed E-state index contributed by atoms with van der Waals surface area (Å²) in [5.41, 5.74) is 0. The highest BCUT2D eigenvalue weighted by atomic mass is 79.9. The minimum atomic E-state index is -2.39. The van der Waals surface area contributed by atoms with Crippen molar-refractivity contribution in [1.82, 2.24) is 0 Å². The third kappa shape index (κ3) is 12.8. The molecule has 0 saturated heterocycles. The molecule has 0 aromatic carbocycles. The fourth-order valence-electron chi connectivity index (χ4n) is 1.36. The summed E-state index contributed by atoms with van der Waals surface area (Å²) in [7, 11) is -2.39. The lowest BCUT2D eigenvalue weighted by Gasteiger charge is -2.27. The molecule has 0 N–H and O–H groups in total. The van der Waals surface area contributed by atoms with Gasteiger partial charge in [0.15, 0.2) is 0 Å². The van der Waals surface area contributed by atoms with E-state index in [1.54, 1.807) is 0 Å². The molecule has 0 unspecified atom stereocenters. The summed E-state index contributed by atoms with van der Waals surface area (Å²) in [6, 6.07) is 0.825. The molecule has 3 nitrogen and oxygen atoms in total. The minimum absolute atomic E-state index is 0.642. The summed E-state index contributed by atoms with van der Waals surface area (Å²) in [5.74, 6) is 0. The number of alkyl halides is 1. The first kappa shape index (κ1) is 21.4. The Hall–Kier alpha value is 0.0569. The molecule has 0 spiro atoms. The number of allylic oxidation sites excluding steroid dienone is 2. The zero-order valence-corrected chi connectivity index (χ0v) is 15.2. The van der Waals surface area contributed by atoms with E-state index in [2.05, 4.69) is 29.1 Å². The van der Waals surface area contributed by atoms with Crippen LogP contribution in [0.25, 0.3) is 0 Å². The Morgan fingerprint density at radius 3 is 1.53 bits per heavy atom. The van der Waals surface area contributed by atoms with Gasteiger partial charge in [0.25, 0.3) is 0 Å². The second-order valence-electron chi connectivity index (χ2n) is 3.58. The van der Waals surface area contributed by atoms with Crippen LogP contribution in [-0.2, 0) is 13.3 Å². The van der Waals surface area contributed by atoms with Gasteiger partial charge in [-0.25, -0.2) is 0 Å². The summed E-state index contributed by atoms with van der Waals surface area (Å²) >= 11 is 3.24. The van der Waals surface area contributed by atoms with Crippen molar-refractivity contribution >= 4 is 24.7 Å². The molecule has 0 radical (unpaired) electrons. The van der Waals surface area contributed by atoms with E-state index in [1.807, 2.05) is 32.9 Å². The Balaban J connectivity index is 0. The maximum Gasteiger partial charge on any atom is 0.501 e. The maximum absolute atomic E-state index is 5.66. The van der Waals surface area contributed by atoms with Crippen LogP contribution in [0.4, 0.5) is 0 Å². The van der Waals surface area contributed by atoms with Crippen LogP contribution in [0.15, 0.2) is 25.3 Å². The fourth-order valence-corrected chi connectivity index (χ4v) is 4.24. The van der Waals surface area contributed by atoms with Crippen molar-refractivity contribution < 1.29 is 13.3 Å². The van der Waals surface area contributed by atoms with Crippen LogP contribution < -0.4 is 0 Å². The lowest BCUT2D eigenvalue weighted by molar-refractivity contribution is 0.0716. The highest BCUT2D eigenvalue weighted by Crippen LogP contribution is 2.18. The Morgan fingerprint density at radius 2 is 1.32 bits per heavy atom. The van der Waals surface area contributed by atoms with Crippen molar-refractivity contribution in [2.75, 3.05) is 25.2 Å². The van der Waals surface area contributed by atoms with E-state index in [1.165, 1.54) is 0 Å². The van der Waals surface area contributed by atoms with Gasteiger partial charge in [-0.3, -0.25) is 0 Å². The summed E-state index contributed by atoms with van der Waals surface area (Å²) in [4.78, 5) is 0. The molecule has 0 aromatic heterocycles. The van der Waals surface area contributed by atoms with Crippen LogP contribution in [-0.4, -0.2) is 34.0 Å². The summed E-state index contributed by atoms with van der Waals surface area (Å²) in [5, 5.41) is 1.04. The quantitative estimate of drug-likeness (QED) is 0.309. The van der Waals surface area contributed by atoms with E-state index in [0.29, 0.717) is 19.8 Å². The maximum atomic E-state index is 5.66. The lowest BCUT2D eigenvalue weighted by atomic mass is 10.5. The largest absolute Gasteiger partial charge is 0.501 e. The molecule has 0 amide bonds. The lowest BCUT2D eigenvalue weighted by Crippen LogP contribution is -2.45. The average Bonchev–Trinajstić information content (AvgIpc) is 2.39. The highest BCUT2D eigenvalue weighted by Gasteiger charge is 2.39. The Labute approximate surface area is 128 Å². The van der Waals surface area contributed by atoms with Crippen LogP contribution in [0.1, 0.15) is 33.6 Å². The summed E-state index contributed by atoms with van der Waals surface area (Å²) in [6.45, 7) is 15.0. The van der Waals surface area contributed by atoms with E-state index in [4.69, 9.17) is 13.3 Å². The summed E-state index contributed by atoms with van der Waals surface area (Å²) < 4.78 is 17.0. The first-order chi connectivity index (χ1) is 9.16. The predicted molar refractivity (Wildman–Crippen MR) is 88.9 cm³/mol. The van der Waals surface area contributed by atoms with E-state index >= 15 is 0 Å². The van der Waals surface area contributed by atoms with Gasteiger partial charge >= 0.3 is 8.80 Å². The Kier molecular flexibility index (Phi) is 18.1. The van der Waals surface area contributed by atoms with Crippen LogP contribution in [0.3, 0.4) is 0 Å². The molecular weight excluding hydrogens is 324 g/mol. The van der Waals surface area contributed by atoms with E-state index in [9.17, 15) is 0 Å². The van der Waals surface area contributed by atoms with Gasteiger partial charge in [-0.2, -0.15) is 0 Å². The van der Waals surface area contributed by atoms with Crippen molar-refractivity contribution in [3.63, 3.8) is 0 Å². The van der Waals surface area contributed by atoms with E-state index < -0.39 is 8.80 Å². The standard InChI is InChI=1S/C10H22O3Si.C4H7Br/c1-5-9-10-14(11-6-2,12-7-3)13-8-4;1-2-3-4-5/h5H,1,6-10H2,2-4H3;2H,1,3-4H2. The molecule has 0 fully saturated rings. The highest BCUT2D eigenvalue weighted by molar-refractivity contribution is 9.09. The molecule has 0 atom stereocenters. The fraction of sp³-hybridized carbons (Fsp3) is 0.714. The molecule has 5 heteroatoms. The first-order valence-electron chi connectivity index (χ1n) is 6.85. The third-order valence-electron chi connectivity index (χ3n) is 2.06. The molecule has 0 saturated carbocycles. The van der Waals surface area contributed by atoms with Gasteiger partial charge in [0.05, 0.1) is 0 Å². The zero-order chi connectivity index (χ0) is 15.0. The molecule has 0 heterocycles. The first-order valence-corrected chi connectivity index (χ1v) is 9.91. The number of hydrogen-bond acceptors (Lipinski definition) is 3. The Bertz CT molecular complexity index is 196. The Morgan fingerprint density at radius 1 is 0.895 bits per heavy atom. The van der Waals surface area contributed by atoms with Crippen molar-refractivity contribution in [2.24, 2.45) is 0 Å². The van der Waals surface area contributed by atoms with E-state index in [-0.39, 0.29) is 0 Å². The third-order valence-corrected chi connectivity index (χ3v) is 5.61. The molecule has 0 aliphatic heterocycles. The zero-order valence-electron chi connectivity index (χ0n) is 12.6. The van der Waals surface area contributed by atoms with Gasteiger partial charge in [-0.15, -0.1) is 13.2 Å². The normalized spacial score (nSPS) is 10.5. The molecule has 0 aliphatic rings. The van der Waals surface area contributed by atoms with Gasteiger partial charge < -0.3 is 13.3 Å². The van der Waals surface area contributed by atoms with Gasteiger partial charge in [0.2, 0.25) is 0 Å². The number of rotatable bonds is 11. The minimum Gasteiger partial charge on any atom is -0.374 e. The van der Waals surface area contributed by atoms with Gasteiger partial charge in [-0.1, -0.05) is 28.1 Å². The van der Waals surface area contributed by atoms with Gasteiger partial charge in [0, 0.05) is 31.2 Å². The topological polar surface area (TPSA) is 27.7 Å². The molecular formula is C14H29BrO3Si. The van der Waals surface area contributed by atoms with Crippen LogP contribution in [0, 0.1) is 0 Å². The molecule has 114 valence electrons. The second-order valence-corrected chi connectivity index (χ2v) is 7.10. The molecule has 19 heavy (non-hydrogen) atoms. The van der Waals surface area contributed by atoms with Crippen molar-refractivity contribution in [2.45, 2.75) is 39.7 Å². The molecule has 0 aromatic rings. The van der Waals surface area contributed by atoms with Gasteiger partial charge in [0.1, 0.15) is 0 Å². The molecule has 0 rings (SSSR count). The van der Waals surface area contributed by atoms with Crippen molar-refractivity contribution in [3.05, 3.63) is 25.3 Å². The van der Waals surface area contributed by atoms with Gasteiger partial charge in [-0.05, 0) is 33.6 Å². The van der Waals surface area contributed by atoms with Crippen molar-refractivity contribution in [1.29, 1.82) is 0 Å². The second kappa shape index (κ2) is 16.1. The van der Waals surface area contributed by atoms with Crippen LogP contribution in [0.2, 0.25) is 6.04 Å². The SMILES string of the molecule is C=CCCBr.C=CCC[Si](OCC)(OCC)OCC. The van der Waals surface area contributed by atoms with Crippen LogP contribution in [0.5, 0.6) is 0 Å². The molecule has 0 bridgehead atoms. The number of hydrogen-bond donors (Lipinski definition) is 0. The number of halogens is 1. The average molecular weight is 353 g/mol. The smallest absolute Gasteiger partial charge is 0.374 e. The van der Waals surface area contributed by atoms with E-state index in [0.717, 1.165) is 24.2 Å².